The predicted molar refractivity (Wildman–Crippen MR) is 84.5 cm³/mol. The van der Waals surface area contributed by atoms with Gasteiger partial charge in [0.05, 0.1) is 11.5 Å². The van der Waals surface area contributed by atoms with Crippen LogP contribution < -0.4 is 5.73 Å². The first-order valence-electron chi connectivity index (χ1n) is 7.87. The molecule has 4 nitrogen and oxygen atoms in total. The first kappa shape index (κ1) is 16.0. The van der Waals surface area contributed by atoms with E-state index in [2.05, 4.69) is 18.8 Å². The van der Waals surface area contributed by atoms with Crippen molar-refractivity contribution < 1.29 is 4.79 Å². The van der Waals surface area contributed by atoms with Gasteiger partial charge in [0.2, 0.25) is 5.91 Å². The highest BCUT2D eigenvalue weighted by molar-refractivity contribution is 5.83. The maximum atomic E-state index is 13.0. The fourth-order valence-electron chi connectivity index (χ4n) is 3.24. The molecule has 21 heavy (non-hydrogen) atoms. The zero-order valence-corrected chi connectivity index (χ0v) is 13.4. The molecule has 1 unspecified atom stereocenters. The largest absolute Gasteiger partial charge is 0.338 e. The molecule has 0 radical (unpaired) electrons. The van der Waals surface area contributed by atoms with Crippen LogP contribution in [0.5, 0.6) is 0 Å². The van der Waals surface area contributed by atoms with Gasteiger partial charge in [-0.25, -0.2) is 0 Å². The molecule has 0 aliphatic heterocycles. The van der Waals surface area contributed by atoms with Crippen molar-refractivity contribution in [1.29, 1.82) is 0 Å². The molecule has 2 N–H and O–H groups in total. The minimum absolute atomic E-state index is 0.0447. The molecule has 1 fully saturated rings. The second kappa shape index (κ2) is 6.56. The summed E-state index contributed by atoms with van der Waals surface area (Å²) in [6.07, 6.45) is 7.56. The minimum atomic E-state index is -0.359. The Balaban J connectivity index is 2.14. The Morgan fingerprint density at radius 1 is 1.43 bits per heavy atom. The van der Waals surface area contributed by atoms with Crippen LogP contribution in [-0.2, 0) is 4.79 Å². The number of hydrogen-bond donors (Lipinski definition) is 1. The van der Waals surface area contributed by atoms with Gasteiger partial charge in [0.1, 0.15) is 0 Å². The van der Waals surface area contributed by atoms with E-state index < -0.39 is 0 Å². The lowest BCUT2D eigenvalue weighted by Crippen LogP contribution is -2.49. The quantitative estimate of drug-likeness (QED) is 0.927. The molecule has 116 valence electrons. The number of carbonyl (C=O) groups excluding carboxylic acids is 1. The van der Waals surface area contributed by atoms with Gasteiger partial charge in [-0.15, -0.1) is 0 Å². The van der Waals surface area contributed by atoms with E-state index in [-0.39, 0.29) is 17.4 Å². The third-order valence-electron chi connectivity index (χ3n) is 5.17. The third kappa shape index (κ3) is 3.26. The Hall–Kier alpha value is -1.42. The number of rotatable bonds is 4. The van der Waals surface area contributed by atoms with Crippen molar-refractivity contribution in [2.24, 2.45) is 17.1 Å². The maximum absolute atomic E-state index is 13.0. The number of hydrogen-bond acceptors (Lipinski definition) is 3. The number of amides is 1. The van der Waals surface area contributed by atoms with Crippen LogP contribution in [0.4, 0.5) is 0 Å². The van der Waals surface area contributed by atoms with Crippen LogP contribution >= 0.6 is 0 Å². The summed E-state index contributed by atoms with van der Waals surface area (Å²) < 4.78 is 0. The summed E-state index contributed by atoms with van der Waals surface area (Å²) in [5.41, 5.74) is 6.75. The van der Waals surface area contributed by atoms with Gasteiger partial charge in [0.15, 0.2) is 0 Å². The predicted octanol–water partition coefficient (Wildman–Crippen LogP) is 2.76. The van der Waals surface area contributed by atoms with E-state index in [4.69, 9.17) is 5.73 Å². The van der Waals surface area contributed by atoms with Crippen LogP contribution in [0.25, 0.3) is 0 Å². The average molecular weight is 289 g/mol. The van der Waals surface area contributed by atoms with Crippen LogP contribution in [0.2, 0.25) is 0 Å². The first-order valence-corrected chi connectivity index (χ1v) is 7.87. The average Bonchev–Trinajstić information content (AvgIpc) is 2.54. The lowest BCUT2D eigenvalue weighted by molar-refractivity contribution is -0.144. The third-order valence-corrected chi connectivity index (χ3v) is 5.17. The Morgan fingerprint density at radius 3 is 2.52 bits per heavy atom. The van der Waals surface area contributed by atoms with E-state index in [9.17, 15) is 4.79 Å². The normalized spacial score (nSPS) is 27.1. The Morgan fingerprint density at radius 2 is 2.00 bits per heavy atom. The Bertz CT molecular complexity index is 466. The van der Waals surface area contributed by atoms with E-state index >= 15 is 0 Å². The Kier molecular flexibility index (Phi) is 4.99. The molecular formula is C17H27N3O. The van der Waals surface area contributed by atoms with Crippen LogP contribution in [-0.4, -0.2) is 29.4 Å². The van der Waals surface area contributed by atoms with Gasteiger partial charge in [0, 0.05) is 26.0 Å². The first-order chi connectivity index (χ1) is 10.00. The second-order valence-electron chi connectivity index (χ2n) is 6.54. The molecule has 0 bridgehead atoms. The molecule has 1 aromatic rings. The fraction of sp³-hybridized carbons (Fsp3) is 0.647. The summed E-state index contributed by atoms with van der Waals surface area (Å²) in [5, 5.41) is 0. The van der Waals surface area contributed by atoms with Crippen LogP contribution in [0.15, 0.2) is 24.5 Å². The van der Waals surface area contributed by atoms with Crippen molar-refractivity contribution in [1.82, 2.24) is 9.88 Å². The van der Waals surface area contributed by atoms with Gasteiger partial charge in [-0.2, -0.15) is 0 Å². The molecule has 1 aromatic heterocycles. The van der Waals surface area contributed by atoms with Crippen molar-refractivity contribution in [3.8, 4) is 0 Å². The molecule has 0 aromatic carbocycles. The SMILES string of the molecule is CC1CCC(CN)(C(=O)N(C)C(C)c2ccncc2)CC1. The highest BCUT2D eigenvalue weighted by Crippen LogP contribution is 2.40. The number of aromatic nitrogens is 1. The van der Waals surface area contributed by atoms with E-state index in [1.807, 2.05) is 24.1 Å². The van der Waals surface area contributed by atoms with Crippen LogP contribution in [0, 0.1) is 11.3 Å². The molecular weight excluding hydrogens is 262 g/mol. The molecule has 0 spiro atoms. The molecule has 0 saturated heterocycles. The number of pyridine rings is 1. The van der Waals surface area contributed by atoms with Crippen molar-refractivity contribution in [2.75, 3.05) is 13.6 Å². The van der Waals surface area contributed by atoms with Crippen molar-refractivity contribution in [3.05, 3.63) is 30.1 Å². The molecule has 1 amide bonds. The highest BCUT2D eigenvalue weighted by Gasteiger charge is 2.42. The minimum Gasteiger partial charge on any atom is -0.338 e. The van der Waals surface area contributed by atoms with Crippen molar-refractivity contribution in [2.45, 2.75) is 45.6 Å². The lowest BCUT2D eigenvalue weighted by atomic mass is 9.70. The fourth-order valence-corrected chi connectivity index (χ4v) is 3.24. The van der Waals surface area contributed by atoms with Gasteiger partial charge < -0.3 is 10.6 Å². The number of nitrogens with zero attached hydrogens (tertiary/aromatic N) is 2. The summed E-state index contributed by atoms with van der Waals surface area (Å²) in [4.78, 5) is 18.9. The molecule has 1 aliphatic rings. The van der Waals surface area contributed by atoms with E-state index in [1.54, 1.807) is 12.4 Å². The van der Waals surface area contributed by atoms with Crippen LogP contribution in [0.1, 0.15) is 51.1 Å². The zero-order chi connectivity index (χ0) is 15.5. The maximum Gasteiger partial charge on any atom is 0.230 e. The summed E-state index contributed by atoms with van der Waals surface area (Å²) in [6.45, 7) is 4.77. The van der Waals surface area contributed by atoms with Crippen molar-refractivity contribution in [3.63, 3.8) is 0 Å². The number of carbonyl (C=O) groups is 1. The van der Waals surface area contributed by atoms with Gasteiger partial charge in [-0.3, -0.25) is 9.78 Å². The van der Waals surface area contributed by atoms with Gasteiger partial charge >= 0.3 is 0 Å². The smallest absolute Gasteiger partial charge is 0.230 e. The summed E-state index contributed by atoms with van der Waals surface area (Å²) in [5.74, 6) is 0.904. The molecule has 1 aliphatic carbocycles. The molecule has 1 heterocycles. The van der Waals surface area contributed by atoms with E-state index in [1.165, 1.54) is 0 Å². The molecule has 2 rings (SSSR count). The van der Waals surface area contributed by atoms with Gasteiger partial charge in [-0.05, 0) is 56.2 Å². The second-order valence-corrected chi connectivity index (χ2v) is 6.54. The van der Waals surface area contributed by atoms with Gasteiger partial charge in [-0.1, -0.05) is 6.92 Å². The summed E-state index contributed by atoms with van der Waals surface area (Å²) >= 11 is 0. The highest BCUT2D eigenvalue weighted by atomic mass is 16.2. The standard InChI is InChI=1S/C17H27N3O/c1-13-4-8-17(12-18,9-5-13)16(21)20(3)14(2)15-6-10-19-11-7-15/h6-7,10-11,13-14H,4-5,8-9,12,18H2,1-3H3. The molecule has 1 atom stereocenters. The zero-order valence-electron chi connectivity index (χ0n) is 13.4. The summed E-state index contributed by atoms with van der Waals surface area (Å²) in [7, 11) is 1.89. The van der Waals surface area contributed by atoms with Gasteiger partial charge in [0.25, 0.3) is 0 Å². The molecule has 4 heteroatoms. The monoisotopic (exact) mass is 289 g/mol. The van der Waals surface area contributed by atoms with Crippen molar-refractivity contribution >= 4 is 5.91 Å². The van der Waals surface area contributed by atoms with E-state index in [0.717, 1.165) is 31.2 Å². The number of nitrogens with two attached hydrogens (primary N) is 1. The summed E-state index contributed by atoms with van der Waals surface area (Å²) in [6, 6.07) is 3.97. The lowest BCUT2D eigenvalue weighted by Gasteiger charge is -2.41. The Labute approximate surface area is 127 Å². The van der Waals surface area contributed by atoms with Crippen LogP contribution in [0.3, 0.4) is 0 Å². The topological polar surface area (TPSA) is 59.2 Å². The molecule has 1 saturated carbocycles. The van der Waals surface area contributed by atoms with E-state index in [0.29, 0.717) is 12.5 Å².